The van der Waals surface area contributed by atoms with E-state index in [-0.39, 0.29) is 12.6 Å². The molecular weight excluding hydrogens is 256 g/mol. The maximum absolute atomic E-state index is 12.2. The molecule has 1 atom stereocenters. The van der Waals surface area contributed by atoms with E-state index < -0.39 is 31.1 Å². The van der Waals surface area contributed by atoms with E-state index >= 15 is 0 Å². The Balaban J connectivity index is 2.78. The summed E-state index contributed by atoms with van der Waals surface area (Å²) in [5, 5.41) is 26.6. The van der Waals surface area contributed by atoms with Gasteiger partial charge in [-0.3, -0.25) is 9.59 Å². The van der Waals surface area contributed by atoms with Gasteiger partial charge in [-0.15, -0.1) is 0 Å². The first-order valence-electron chi connectivity index (χ1n) is 6.05. The molecule has 1 unspecified atom stereocenters. The summed E-state index contributed by atoms with van der Waals surface area (Å²) >= 11 is 0. The SMILES string of the molecule is O=C(O)CN(CC(=O)O)C(=O)N1CCCCC1CO. The highest BCUT2D eigenvalue weighted by molar-refractivity contribution is 5.84. The Morgan fingerprint density at radius 2 is 1.68 bits per heavy atom. The Hall–Kier alpha value is -1.83. The molecule has 0 aliphatic carbocycles. The summed E-state index contributed by atoms with van der Waals surface area (Å²) in [5.41, 5.74) is 0. The Bertz CT molecular complexity index is 343. The summed E-state index contributed by atoms with van der Waals surface area (Å²) in [6.07, 6.45) is 2.28. The second kappa shape index (κ2) is 6.93. The smallest absolute Gasteiger partial charge is 0.323 e. The largest absolute Gasteiger partial charge is 0.480 e. The number of aliphatic hydroxyl groups is 1. The molecule has 1 aliphatic rings. The van der Waals surface area contributed by atoms with Crippen LogP contribution in [0.3, 0.4) is 0 Å². The first kappa shape index (κ1) is 15.2. The number of hydrogen-bond donors (Lipinski definition) is 3. The zero-order valence-corrected chi connectivity index (χ0v) is 10.5. The van der Waals surface area contributed by atoms with Gasteiger partial charge in [-0.25, -0.2) is 4.79 Å². The van der Waals surface area contributed by atoms with Crippen LogP contribution in [0, 0.1) is 0 Å². The van der Waals surface area contributed by atoms with Gasteiger partial charge in [0.05, 0.1) is 12.6 Å². The standard InChI is InChI=1S/C11H18N2O6/c14-7-8-3-1-2-4-13(8)11(19)12(5-9(15)16)6-10(17)18/h8,14H,1-7H2,(H,15,16)(H,17,18). The lowest BCUT2D eigenvalue weighted by Gasteiger charge is -2.37. The zero-order chi connectivity index (χ0) is 14.4. The maximum Gasteiger partial charge on any atom is 0.323 e. The lowest BCUT2D eigenvalue weighted by molar-refractivity contribution is -0.140. The summed E-state index contributed by atoms with van der Waals surface area (Å²) in [7, 11) is 0. The molecule has 0 aromatic heterocycles. The van der Waals surface area contributed by atoms with Crippen molar-refractivity contribution >= 4 is 18.0 Å². The molecule has 1 heterocycles. The van der Waals surface area contributed by atoms with Gasteiger partial charge < -0.3 is 25.1 Å². The van der Waals surface area contributed by atoms with Crippen molar-refractivity contribution in [3.63, 3.8) is 0 Å². The topological polar surface area (TPSA) is 118 Å². The maximum atomic E-state index is 12.2. The van der Waals surface area contributed by atoms with Gasteiger partial charge in [0.2, 0.25) is 0 Å². The van der Waals surface area contributed by atoms with Crippen molar-refractivity contribution in [3.05, 3.63) is 0 Å². The molecule has 8 nitrogen and oxygen atoms in total. The number of piperidine rings is 1. The van der Waals surface area contributed by atoms with Gasteiger partial charge in [-0.1, -0.05) is 0 Å². The normalized spacial score (nSPS) is 19.0. The van der Waals surface area contributed by atoms with Crippen molar-refractivity contribution in [1.29, 1.82) is 0 Å². The predicted molar refractivity (Wildman–Crippen MR) is 63.7 cm³/mol. The summed E-state index contributed by atoms with van der Waals surface area (Å²) in [5.74, 6) is -2.54. The molecule has 0 saturated carbocycles. The second-order valence-electron chi connectivity index (χ2n) is 4.45. The molecule has 1 aliphatic heterocycles. The Morgan fingerprint density at radius 3 is 2.16 bits per heavy atom. The van der Waals surface area contributed by atoms with Crippen LogP contribution in [0.1, 0.15) is 19.3 Å². The van der Waals surface area contributed by atoms with Crippen LogP contribution in [0.15, 0.2) is 0 Å². The third-order valence-corrected chi connectivity index (χ3v) is 3.01. The van der Waals surface area contributed by atoms with Crippen LogP contribution in [0.5, 0.6) is 0 Å². The minimum atomic E-state index is -1.27. The van der Waals surface area contributed by atoms with E-state index in [2.05, 4.69) is 0 Å². The molecule has 8 heteroatoms. The lowest BCUT2D eigenvalue weighted by atomic mass is 10.0. The van der Waals surface area contributed by atoms with E-state index in [4.69, 9.17) is 10.2 Å². The first-order valence-corrected chi connectivity index (χ1v) is 6.05. The minimum Gasteiger partial charge on any atom is -0.480 e. The third-order valence-electron chi connectivity index (χ3n) is 3.01. The van der Waals surface area contributed by atoms with E-state index in [9.17, 15) is 19.5 Å². The number of aliphatic carboxylic acids is 2. The molecule has 108 valence electrons. The van der Waals surface area contributed by atoms with Crippen molar-refractivity contribution < 1.29 is 29.7 Å². The van der Waals surface area contributed by atoms with E-state index in [1.165, 1.54) is 4.90 Å². The van der Waals surface area contributed by atoms with Gasteiger partial charge in [-0.05, 0) is 19.3 Å². The number of hydrogen-bond acceptors (Lipinski definition) is 4. The number of carboxylic acids is 2. The van der Waals surface area contributed by atoms with Crippen molar-refractivity contribution in [2.45, 2.75) is 25.3 Å². The van der Waals surface area contributed by atoms with Gasteiger partial charge in [0.15, 0.2) is 0 Å². The molecule has 0 aromatic rings. The van der Waals surface area contributed by atoms with Crippen LogP contribution in [0.2, 0.25) is 0 Å². The van der Waals surface area contributed by atoms with Crippen LogP contribution in [-0.4, -0.2) is 75.4 Å². The molecule has 1 saturated heterocycles. The number of aliphatic hydroxyl groups excluding tert-OH is 1. The Morgan fingerprint density at radius 1 is 1.11 bits per heavy atom. The second-order valence-corrected chi connectivity index (χ2v) is 4.45. The molecule has 0 spiro atoms. The molecule has 0 bridgehead atoms. The van der Waals surface area contributed by atoms with Crippen molar-refractivity contribution in [3.8, 4) is 0 Å². The molecule has 0 radical (unpaired) electrons. The van der Waals surface area contributed by atoms with Gasteiger partial charge in [0.1, 0.15) is 13.1 Å². The fourth-order valence-electron chi connectivity index (χ4n) is 2.14. The summed E-state index contributed by atoms with van der Waals surface area (Å²) in [6, 6.07) is -1.02. The van der Waals surface area contributed by atoms with Gasteiger partial charge in [-0.2, -0.15) is 0 Å². The number of amides is 2. The number of carboxylic acid groups (broad SMARTS) is 2. The van der Waals surface area contributed by atoms with Crippen LogP contribution >= 0.6 is 0 Å². The third kappa shape index (κ3) is 4.40. The van der Waals surface area contributed by atoms with Crippen molar-refractivity contribution in [1.82, 2.24) is 9.80 Å². The summed E-state index contributed by atoms with van der Waals surface area (Å²) in [4.78, 5) is 35.6. The number of nitrogens with zero attached hydrogens (tertiary/aromatic N) is 2. The summed E-state index contributed by atoms with van der Waals surface area (Å²) < 4.78 is 0. The van der Waals surface area contributed by atoms with E-state index in [0.717, 1.165) is 17.7 Å². The van der Waals surface area contributed by atoms with Crippen LogP contribution in [0.4, 0.5) is 4.79 Å². The van der Waals surface area contributed by atoms with Crippen LogP contribution < -0.4 is 0 Å². The number of rotatable bonds is 5. The summed E-state index contributed by atoms with van der Waals surface area (Å²) in [6.45, 7) is -1.14. The molecule has 3 N–H and O–H groups in total. The van der Waals surface area contributed by atoms with E-state index in [1.807, 2.05) is 0 Å². The van der Waals surface area contributed by atoms with Crippen molar-refractivity contribution in [2.24, 2.45) is 0 Å². The zero-order valence-electron chi connectivity index (χ0n) is 10.5. The first-order chi connectivity index (χ1) is 8.95. The monoisotopic (exact) mass is 274 g/mol. The minimum absolute atomic E-state index is 0.209. The average Bonchev–Trinajstić information content (AvgIpc) is 2.36. The fourth-order valence-corrected chi connectivity index (χ4v) is 2.14. The Kier molecular flexibility index (Phi) is 5.56. The molecular formula is C11H18N2O6. The average molecular weight is 274 g/mol. The Labute approximate surface area is 110 Å². The predicted octanol–water partition coefficient (Wildman–Crippen LogP) is -0.576. The number of carbonyl (C=O) groups is 3. The van der Waals surface area contributed by atoms with Gasteiger partial charge in [0, 0.05) is 6.54 Å². The van der Waals surface area contributed by atoms with Crippen LogP contribution in [0.25, 0.3) is 0 Å². The van der Waals surface area contributed by atoms with E-state index in [1.54, 1.807) is 0 Å². The van der Waals surface area contributed by atoms with Gasteiger partial charge >= 0.3 is 18.0 Å². The molecule has 2 amide bonds. The van der Waals surface area contributed by atoms with E-state index in [0.29, 0.717) is 13.0 Å². The molecule has 19 heavy (non-hydrogen) atoms. The number of carbonyl (C=O) groups excluding carboxylic acids is 1. The number of likely N-dealkylation sites (tertiary alicyclic amines) is 1. The lowest BCUT2D eigenvalue weighted by Crippen LogP contribution is -2.53. The quantitative estimate of drug-likeness (QED) is 0.617. The highest BCUT2D eigenvalue weighted by Crippen LogP contribution is 2.18. The molecule has 1 rings (SSSR count). The molecule has 1 fully saturated rings. The number of urea groups is 1. The van der Waals surface area contributed by atoms with Gasteiger partial charge in [0.25, 0.3) is 0 Å². The fraction of sp³-hybridized carbons (Fsp3) is 0.727. The van der Waals surface area contributed by atoms with Crippen LogP contribution in [-0.2, 0) is 9.59 Å². The highest BCUT2D eigenvalue weighted by atomic mass is 16.4. The van der Waals surface area contributed by atoms with Crippen molar-refractivity contribution in [2.75, 3.05) is 26.2 Å². The molecule has 0 aromatic carbocycles. The highest BCUT2D eigenvalue weighted by Gasteiger charge is 2.31.